The maximum atomic E-state index is 12.1. The molecule has 0 spiro atoms. The van der Waals surface area contributed by atoms with E-state index in [9.17, 15) is 23.3 Å². The third kappa shape index (κ3) is 4.41. The monoisotopic (exact) mass is 342 g/mol. The summed E-state index contributed by atoms with van der Waals surface area (Å²) in [5, 5.41) is 13.6. The lowest BCUT2D eigenvalue weighted by Crippen LogP contribution is -2.43. The van der Waals surface area contributed by atoms with Crippen molar-refractivity contribution in [3.8, 4) is 5.75 Å². The molecule has 2 atom stereocenters. The van der Waals surface area contributed by atoms with Gasteiger partial charge in [0.15, 0.2) is 21.7 Å². The largest absolute Gasteiger partial charge is 0.474 e. The second-order valence-electron chi connectivity index (χ2n) is 5.60. The molecule has 1 aromatic carbocycles. The van der Waals surface area contributed by atoms with Gasteiger partial charge in [0.25, 0.3) is 5.91 Å². The Hall–Kier alpha value is -2.16. The minimum absolute atomic E-state index is 0.00212. The molecule has 1 N–H and O–H groups in total. The lowest BCUT2D eigenvalue weighted by Gasteiger charge is -2.17. The number of aryl methyl sites for hydroxylation is 1. The third-order valence-electron chi connectivity index (χ3n) is 3.56. The quantitative estimate of drug-likeness (QED) is 0.630. The average molecular weight is 342 g/mol. The molecule has 9 heteroatoms. The lowest BCUT2D eigenvalue weighted by molar-refractivity contribution is -0.386. The summed E-state index contributed by atoms with van der Waals surface area (Å²) < 4.78 is 28.1. The van der Waals surface area contributed by atoms with Crippen molar-refractivity contribution in [3.05, 3.63) is 33.9 Å². The number of carbonyl (C=O) groups excluding carboxylic acids is 1. The second-order valence-corrected chi connectivity index (χ2v) is 7.83. The Morgan fingerprint density at radius 2 is 2.17 bits per heavy atom. The predicted octanol–water partition coefficient (Wildman–Crippen LogP) is 0.974. The minimum Gasteiger partial charge on any atom is -0.474 e. The van der Waals surface area contributed by atoms with Gasteiger partial charge >= 0.3 is 5.69 Å². The van der Waals surface area contributed by atoms with Crippen molar-refractivity contribution >= 4 is 21.4 Å². The van der Waals surface area contributed by atoms with Crippen molar-refractivity contribution in [2.24, 2.45) is 0 Å². The molecule has 0 aliphatic carbocycles. The lowest BCUT2D eigenvalue weighted by atomic mass is 10.2. The fourth-order valence-corrected chi connectivity index (χ4v) is 4.01. The first kappa shape index (κ1) is 17.2. The number of ether oxygens (including phenoxy) is 1. The van der Waals surface area contributed by atoms with Crippen molar-refractivity contribution in [1.29, 1.82) is 0 Å². The highest BCUT2D eigenvalue weighted by atomic mass is 32.2. The van der Waals surface area contributed by atoms with Crippen LogP contribution in [-0.2, 0) is 14.6 Å². The van der Waals surface area contributed by atoms with Crippen LogP contribution in [0.2, 0.25) is 0 Å². The Labute approximate surface area is 133 Å². The molecule has 1 aliphatic rings. The van der Waals surface area contributed by atoms with Gasteiger partial charge in [0.05, 0.1) is 16.4 Å². The number of nitrogens with one attached hydrogen (secondary N) is 1. The van der Waals surface area contributed by atoms with Crippen LogP contribution in [0.5, 0.6) is 5.75 Å². The maximum Gasteiger partial charge on any atom is 0.311 e. The number of benzene rings is 1. The number of amides is 1. The number of nitro benzene ring substituents is 1. The standard InChI is InChI=1S/C14H18N2O6S/c1-9-3-4-13(12(7-9)16(18)19)22-10(2)14(17)15-11-5-6-23(20,21)8-11/h3-4,7,10-11H,5-6,8H2,1-2H3,(H,15,17)/t10-,11-/m0/s1. The zero-order chi connectivity index (χ0) is 17.2. The van der Waals surface area contributed by atoms with Crippen LogP contribution in [0, 0.1) is 17.0 Å². The van der Waals surface area contributed by atoms with E-state index >= 15 is 0 Å². The van der Waals surface area contributed by atoms with Crippen LogP contribution in [0.15, 0.2) is 18.2 Å². The number of sulfone groups is 1. The Bertz CT molecular complexity index is 731. The van der Waals surface area contributed by atoms with Gasteiger partial charge in [-0.3, -0.25) is 14.9 Å². The van der Waals surface area contributed by atoms with Crippen LogP contribution in [0.3, 0.4) is 0 Å². The van der Waals surface area contributed by atoms with E-state index in [0.717, 1.165) is 0 Å². The van der Waals surface area contributed by atoms with Gasteiger partial charge in [-0.1, -0.05) is 6.07 Å². The summed E-state index contributed by atoms with van der Waals surface area (Å²) in [5.41, 5.74) is 0.491. The zero-order valence-corrected chi connectivity index (χ0v) is 13.6. The molecule has 1 saturated heterocycles. The van der Waals surface area contributed by atoms with E-state index in [-0.39, 0.29) is 22.9 Å². The van der Waals surface area contributed by atoms with E-state index in [1.165, 1.54) is 19.1 Å². The summed E-state index contributed by atoms with van der Waals surface area (Å²) >= 11 is 0. The number of hydrogen-bond donors (Lipinski definition) is 1. The highest BCUT2D eigenvalue weighted by Gasteiger charge is 2.30. The van der Waals surface area contributed by atoms with Gasteiger partial charge in [0, 0.05) is 12.1 Å². The topological polar surface area (TPSA) is 116 Å². The maximum absolute atomic E-state index is 12.1. The summed E-state index contributed by atoms with van der Waals surface area (Å²) in [6, 6.07) is 4.02. The molecule has 8 nitrogen and oxygen atoms in total. The number of nitrogens with zero attached hydrogens (tertiary/aromatic N) is 1. The molecule has 1 aliphatic heterocycles. The van der Waals surface area contributed by atoms with Gasteiger partial charge in [-0.2, -0.15) is 0 Å². The summed E-state index contributed by atoms with van der Waals surface area (Å²) in [4.78, 5) is 22.5. The molecule has 2 rings (SSSR count). The number of hydrogen-bond acceptors (Lipinski definition) is 6. The first-order chi connectivity index (χ1) is 10.7. The Kier molecular flexibility index (Phi) is 4.88. The van der Waals surface area contributed by atoms with Gasteiger partial charge < -0.3 is 10.1 Å². The molecule has 1 heterocycles. The number of nitro groups is 1. The van der Waals surface area contributed by atoms with Gasteiger partial charge in [0.1, 0.15) is 0 Å². The van der Waals surface area contributed by atoms with Crippen molar-refractivity contribution < 1.29 is 22.9 Å². The van der Waals surface area contributed by atoms with Gasteiger partial charge in [0.2, 0.25) is 0 Å². The summed E-state index contributed by atoms with van der Waals surface area (Å²) in [6.07, 6.45) is -0.606. The van der Waals surface area contributed by atoms with Crippen LogP contribution in [-0.4, -0.2) is 42.9 Å². The van der Waals surface area contributed by atoms with E-state index < -0.39 is 32.8 Å². The van der Waals surface area contributed by atoms with Crippen LogP contribution in [0.4, 0.5) is 5.69 Å². The van der Waals surface area contributed by atoms with Crippen LogP contribution in [0.1, 0.15) is 18.9 Å². The summed E-state index contributed by atoms with van der Waals surface area (Å²) in [6.45, 7) is 3.18. The SMILES string of the molecule is Cc1ccc(O[C@@H](C)C(=O)N[C@H]2CCS(=O)(=O)C2)c([N+](=O)[O-])c1. The molecule has 1 fully saturated rings. The first-order valence-corrected chi connectivity index (χ1v) is 8.92. The molecular formula is C14H18N2O6S. The fourth-order valence-electron chi connectivity index (χ4n) is 2.34. The normalized spacial score (nSPS) is 20.7. The molecule has 23 heavy (non-hydrogen) atoms. The Balaban J connectivity index is 2.03. The fraction of sp³-hybridized carbons (Fsp3) is 0.500. The predicted molar refractivity (Wildman–Crippen MR) is 83.1 cm³/mol. The molecule has 0 radical (unpaired) electrons. The molecular weight excluding hydrogens is 324 g/mol. The van der Waals surface area contributed by atoms with Gasteiger partial charge in [-0.05, 0) is 31.9 Å². The smallest absolute Gasteiger partial charge is 0.311 e. The Morgan fingerprint density at radius 3 is 2.74 bits per heavy atom. The van der Waals surface area contributed by atoms with Crippen LogP contribution in [0.25, 0.3) is 0 Å². The molecule has 0 unspecified atom stereocenters. The van der Waals surface area contributed by atoms with E-state index in [0.29, 0.717) is 12.0 Å². The van der Waals surface area contributed by atoms with Crippen molar-refractivity contribution in [2.75, 3.05) is 11.5 Å². The van der Waals surface area contributed by atoms with Crippen LogP contribution < -0.4 is 10.1 Å². The summed E-state index contributed by atoms with van der Waals surface area (Å²) in [7, 11) is -3.09. The Morgan fingerprint density at radius 1 is 1.48 bits per heavy atom. The number of carbonyl (C=O) groups is 1. The first-order valence-electron chi connectivity index (χ1n) is 7.10. The molecule has 126 valence electrons. The second kappa shape index (κ2) is 6.53. The molecule has 0 aromatic heterocycles. The average Bonchev–Trinajstić information content (AvgIpc) is 2.79. The highest BCUT2D eigenvalue weighted by molar-refractivity contribution is 7.91. The van der Waals surface area contributed by atoms with E-state index in [1.54, 1.807) is 13.0 Å². The van der Waals surface area contributed by atoms with Gasteiger partial charge in [-0.15, -0.1) is 0 Å². The van der Waals surface area contributed by atoms with Gasteiger partial charge in [-0.25, -0.2) is 8.42 Å². The van der Waals surface area contributed by atoms with Crippen LogP contribution >= 0.6 is 0 Å². The van der Waals surface area contributed by atoms with E-state index in [4.69, 9.17) is 4.74 Å². The molecule has 1 amide bonds. The van der Waals surface area contributed by atoms with Crippen molar-refractivity contribution in [2.45, 2.75) is 32.4 Å². The third-order valence-corrected chi connectivity index (χ3v) is 5.33. The van der Waals surface area contributed by atoms with E-state index in [2.05, 4.69) is 5.32 Å². The zero-order valence-electron chi connectivity index (χ0n) is 12.8. The highest BCUT2D eigenvalue weighted by Crippen LogP contribution is 2.28. The number of rotatable bonds is 5. The summed E-state index contributed by atoms with van der Waals surface area (Å²) in [5.74, 6) is -0.531. The minimum atomic E-state index is -3.09. The molecule has 1 aromatic rings. The molecule has 0 saturated carbocycles. The molecule has 0 bridgehead atoms. The van der Waals surface area contributed by atoms with E-state index in [1.807, 2.05) is 0 Å². The van der Waals surface area contributed by atoms with Crippen molar-refractivity contribution in [1.82, 2.24) is 5.32 Å². The van der Waals surface area contributed by atoms with Crippen molar-refractivity contribution in [3.63, 3.8) is 0 Å².